The van der Waals surface area contributed by atoms with Gasteiger partial charge in [-0.2, -0.15) is 0 Å². The first kappa shape index (κ1) is 13.2. The number of thiophene rings is 1. The van der Waals surface area contributed by atoms with E-state index >= 15 is 0 Å². The first-order valence-electron chi connectivity index (χ1n) is 5.21. The third kappa shape index (κ3) is 2.44. The number of hydrogen-bond acceptors (Lipinski definition) is 5. The molecule has 0 aliphatic rings. The van der Waals surface area contributed by atoms with Crippen molar-refractivity contribution in [1.29, 1.82) is 0 Å². The van der Waals surface area contributed by atoms with E-state index in [4.69, 9.17) is 4.74 Å². The number of rotatable bonds is 2. The second kappa shape index (κ2) is 5.16. The molecule has 0 spiro atoms. The van der Waals surface area contributed by atoms with E-state index in [2.05, 4.69) is 25.9 Å². The quantitative estimate of drug-likeness (QED) is 0.627. The molecule has 0 aromatic carbocycles. The minimum Gasteiger partial charge on any atom is -0.465 e. The van der Waals surface area contributed by atoms with Crippen molar-refractivity contribution in [3.8, 4) is 11.3 Å². The number of aryl methyl sites for hydroxylation is 2. The van der Waals surface area contributed by atoms with Crippen molar-refractivity contribution in [2.24, 2.45) is 0 Å². The molecule has 0 N–H and O–H groups in total. The highest BCUT2D eigenvalue weighted by Gasteiger charge is 2.19. The van der Waals surface area contributed by atoms with Gasteiger partial charge in [-0.05, 0) is 46.8 Å². The molecular weight excluding hydrogens is 316 g/mol. The maximum atomic E-state index is 11.7. The van der Waals surface area contributed by atoms with Crippen molar-refractivity contribution in [3.63, 3.8) is 0 Å². The molecule has 0 amide bonds. The van der Waals surface area contributed by atoms with E-state index in [9.17, 15) is 4.79 Å². The minimum absolute atomic E-state index is 0.338. The lowest BCUT2D eigenvalue weighted by atomic mass is 10.1. The zero-order valence-electron chi connectivity index (χ0n) is 10.2. The molecule has 0 bridgehead atoms. The fourth-order valence-electron chi connectivity index (χ4n) is 1.66. The number of nitrogens with zero attached hydrogens (tertiary/aromatic N) is 2. The van der Waals surface area contributed by atoms with Gasteiger partial charge >= 0.3 is 5.97 Å². The van der Waals surface area contributed by atoms with Gasteiger partial charge in [-0.25, -0.2) is 14.8 Å². The standard InChI is InChI=1S/C12H11BrN2O2S/c1-6-5-18-11(12(16)17-3)10(6)8-4-9(13)15-7(2)14-8/h4-5H,1-3H3. The van der Waals surface area contributed by atoms with Gasteiger partial charge < -0.3 is 4.74 Å². The SMILES string of the molecule is COC(=O)c1scc(C)c1-c1cc(Br)nc(C)n1. The smallest absolute Gasteiger partial charge is 0.348 e. The van der Waals surface area contributed by atoms with Gasteiger partial charge in [-0.1, -0.05) is 0 Å². The van der Waals surface area contributed by atoms with Crippen LogP contribution in [0.1, 0.15) is 21.1 Å². The van der Waals surface area contributed by atoms with Gasteiger partial charge in [0.2, 0.25) is 0 Å². The number of ether oxygens (including phenoxy) is 1. The van der Waals surface area contributed by atoms with E-state index in [-0.39, 0.29) is 5.97 Å². The summed E-state index contributed by atoms with van der Waals surface area (Å²) in [6, 6.07) is 1.80. The van der Waals surface area contributed by atoms with Gasteiger partial charge in [-0.15, -0.1) is 11.3 Å². The van der Waals surface area contributed by atoms with Gasteiger partial charge in [0.25, 0.3) is 0 Å². The number of carbonyl (C=O) groups excluding carboxylic acids is 1. The lowest BCUT2D eigenvalue weighted by molar-refractivity contribution is 0.0607. The molecule has 0 unspecified atom stereocenters. The predicted octanol–water partition coefficient (Wildman–Crippen LogP) is 3.37. The van der Waals surface area contributed by atoms with Crippen LogP contribution in [-0.4, -0.2) is 23.0 Å². The molecule has 6 heteroatoms. The van der Waals surface area contributed by atoms with E-state index in [1.54, 1.807) is 6.07 Å². The molecule has 0 aliphatic carbocycles. The van der Waals surface area contributed by atoms with Crippen LogP contribution in [0.2, 0.25) is 0 Å². The van der Waals surface area contributed by atoms with E-state index in [1.807, 2.05) is 19.2 Å². The van der Waals surface area contributed by atoms with Crippen LogP contribution in [0, 0.1) is 13.8 Å². The normalized spacial score (nSPS) is 10.4. The summed E-state index contributed by atoms with van der Waals surface area (Å²) in [4.78, 5) is 20.8. The molecule has 0 saturated carbocycles. The van der Waals surface area contributed by atoms with Crippen LogP contribution in [0.15, 0.2) is 16.0 Å². The molecule has 0 atom stereocenters. The summed E-state index contributed by atoms with van der Waals surface area (Å²) in [7, 11) is 1.38. The molecule has 0 aliphatic heterocycles. The first-order chi connectivity index (χ1) is 8.52. The third-order valence-electron chi connectivity index (χ3n) is 2.41. The van der Waals surface area contributed by atoms with Gasteiger partial charge in [0.1, 0.15) is 15.3 Å². The van der Waals surface area contributed by atoms with Gasteiger partial charge in [0, 0.05) is 5.56 Å². The molecule has 0 saturated heterocycles. The second-order valence-corrected chi connectivity index (χ2v) is 5.43. The second-order valence-electron chi connectivity index (χ2n) is 3.74. The molecule has 0 fully saturated rings. The average Bonchev–Trinajstić information content (AvgIpc) is 2.69. The van der Waals surface area contributed by atoms with Gasteiger partial charge in [0.05, 0.1) is 12.8 Å². The van der Waals surface area contributed by atoms with E-state index in [0.717, 1.165) is 16.8 Å². The highest BCUT2D eigenvalue weighted by atomic mass is 79.9. The van der Waals surface area contributed by atoms with Crippen LogP contribution < -0.4 is 0 Å². The van der Waals surface area contributed by atoms with Crippen LogP contribution in [0.4, 0.5) is 0 Å². The number of carbonyl (C=O) groups is 1. The Kier molecular flexibility index (Phi) is 3.77. The molecular formula is C12H11BrN2O2S. The van der Waals surface area contributed by atoms with E-state index in [1.165, 1.54) is 18.4 Å². The zero-order valence-corrected chi connectivity index (χ0v) is 12.6. The Balaban J connectivity index is 2.62. The Hall–Kier alpha value is -1.27. The summed E-state index contributed by atoms with van der Waals surface area (Å²) in [5, 5.41) is 1.92. The number of esters is 1. The Morgan fingerprint density at radius 1 is 1.39 bits per heavy atom. The van der Waals surface area contributed by atoms with Crippen LogP contribution in [0.5, 0.6) is 0 Å². The fourth-order valence-corrected chi connectivity index (χ4v) is 3.11. The summed E-state index contributed by atoms with van der Waals surface area (Å²) in [6.07, 6.45) is 0. The van der Waals surface area contributed by atoms with E-state index in [0.29, 0.717) is 15.3 Å². The van der Waals surface area contributed by atoms with Crippen molar-refractivity contribution >= 4 is 33.2 Å². The maximum Gasteiger partial charge on any atom is 0.348 e. The molecule has 4 nitrogen and oxygen atoms in total. The van der Waals surface area contributed by atoms with Gasteiger partial charge in [0.15, 0.2) is 0 Å². The van der Waals surface area contributed by atoms with Crippen molar-refractivity contribution in [2.75, 3.05) is 7.11 Å². The Labute approximate surface area is 117 Å². The van der Waals surface area contributed by atoms with Crippen LogP contribution in [0.3, 0.4) is 0 Å². The van der Waals surface area contributed by atoms with Crippen molar-refractivity contribution < 1.29 is 9.53 Å². The number of halogens is 1. The molecule has 94 valence electrons. The highest BCUT2D eigenvalue weighted by molar-refractivity contribution is 9.10. The molecule has 0 radical (unpaired) electrons. The largest absolute Gasteiger partial charge is 0.465 e. The van der Waals surface area contributed by atoms with Crippen LogP contribution in [0.25, 0.3) is 11.3 Å². The van der Waals surface area contributed by atoms with Gasteiger partial charge in [-0.3, -0.25) is 0 Å². The van der Waals surface area contributed by atoms with Crippen LogP contribution in [-0.2, 0) is 4.74 Å². The number of methoxy groups -OCH3 is 1. The Morgan fingerprint density at radius 2 is 2.11 bits per heavy atom. The summed E-state index contributed by atoms with van der Waals surface area (Å²) in [5.41, 5.74) is 2.55. The highest BCUT2D eigenvalue weighted by Crippen LogP contribution is 2.32. The molecule has 2 rings (SSSR count). The predicted molar refractivity (Wildman–Crippen MR) is 73.9 cm³/mol. The number of aromatic nitrogens is 2. The average molecular weight is 327 g/mol. The van der Waals surface area contributed by atoms with Crippen molar-refractivity contribution in [2.45, 2.75) is 13.8 Å². The summed E-state index contributed by atoms with van der Waals surface area (Å²) in [6.45, 7) is 3.76. The van der Waals surface area contributed by atoms with Crippen LogP contribution >= 0.6 is 27.3 Å². The first-order valence-corrected chi connectivity index (χ1v) is 6.88. The molecule has 2 aromatic rings. The monoisotopic (exact) mass is 326 g/mol. The maximum absolute atomic E-state index is 11.7. The summed E-state index contributed by atoms with van der Waals surface area (Å²) in [5.74, 6) is 0.316. The third-order valence-corrected chi connectivity index (χ3v) is 3.89. The van der Waals surface area contributed by atoms with E-state index < -0.39 is 0 Å². The molecule has 2 heterocycles. The minimum atomic E-state index is -0.338. The zero-order chi connectivity index (χ0) is 13.3. The Morgan fingerprint density at radius 3 is 2.72 bits per heavy atom. The van der Waals surface area contributed by atoms with Crippen molar-refractivity contribution in [1.82, 2.24) is 9.97 Å². The summed E-state index contributed by atoms with van der Waals surface area (Å²) >= 11 is 4.70. The summed E-state index contributed by atoms with van der Waals surface area (Å²) < 4.78 is 5.49. The number of hydrogen-bond donors (Lipinski definition) is 0. The topological polar surface area (TPSA) is 52.1 Å². The Bertz CT molecular complexity index is 590. The fraction of sp³-hybridized carbons (Fsp3) is 0.250. The van der Waals surface area contributed by atoms with Crippen molar-refractivity contribution in [3.05, 3.63) is 32.3 Å². The molecule has 18 heavy (non-hydrogen) atoms. The molecule has 2 aromatic heterocycles. The lowest BCUT2D eigenvalue weighted by Crippen LogP contribution is -2.02. The lowest BCUT2D eigenvalue weighted by Gasteiger charge is -2.05.